The lowest BCUT2D eigenvalue weighted by Crippen LogP contribution is -2.11. The van der Waals surface area contributed by atoms with Crippen molar-refractivity contribution in [2.24, 2.45) is 0 Å². The molecule has 0 saturated heterocycles. The summed E-state index contributed by atoms with van der Waals surface area (Å²) in [4.78, 5) is 12.8. The van der Waals surface area contributed by atoms with Gasteiger partial charge in [-0.25, -0.2) is 0 Å². The van der Waals surface area contributed by atoms with E-state index in [4.69, 9.17) is 25.6 Å². The highest BCUT2D eigenvalue weighted by Gasteiger charge is 2.15. The summed E-state index contributed by atoms with van der Waals surface area (Å²) in [5, 5.41) is 8.31. The number of nitrogens with one attached hydrogen (secondary N) is 1. The van der Waals surface area contributed by atoms with Crippen molar-refractivity contribution in [3.8, 4) is 22.8 Å². The SMILES string of the molecule is COc1ccc(NC(=O)c2ccc3noc(-c4ccc(Cl)cc4)c3c2)cc1OC. The molecule has 0 aliphatic rings. The van der Waals surface area contributed by atoms with Crippen molar-refractivity contribution < 1.29 is 18.8 Å². The van der Waals surface area contributed by atoms with Gasteiger partial charge in [0.15, 0.2) is 17.3 Å². The molecule has 0 spiro atoms. The summed E-state index contributed by atoms with van der Waals surface area (Å²) in [7, 11) is 3.10. The average Bonchev–Trinajstić information content (AvgIpc) is 3.17. The van der Waals surface area contributed by atoms with Crippen molar-refractivity contribution in [1.29, 1.82) is 0 Å². The van der Waals surface area contributed by atoms with Gasteiger partial charge in [-0.15, -0.1) is 0 Å². The largest absolute Gasteiger partial charge is 0.493 e. The molecule has 0 aliphatic heterocycles. The molecule has 0 fully saturated rings. The van der Waals surface area contributed by atoms with Gasteiger partial charge in [-0.1, -0.05) is 16.8 Å². The quantitative estimate of drug-likeness (QED) is 0.477. The van der Waals surface area contributed by atoms with E-state index >= 15 is 0 Å². The van der Waals surface area contributed by atoms with E-state index in [1.165, 1.54) is 0 Å². The summed E-state index contributed by atoms with van der Waals surface area (Å²) in [5.74, 6) is 1.44. The third-order valence-corrected chi connectivity index (χ3v) is 4.74. The minimum absolute atomic E-state index is 0.262. The number of carbonyl (C=O) groups excluding carboxylic acids is 1. The number of aromatic nitrogens is 1. The zero-order valence-electron chi connectivity index (χ0n) is 15.7. The van der Waals surface area contributed by atoms with E-state index in [-0.39, 0.29) is 5.91 Å². The number of halogens is 1. The molecule has 7 heteroatoms. The lowest BCUT2D eigenvalue weighted by Gasteiger charge is -2.10. The van der Waals surface area contributed by atoms with Gasteiger partial charge in [-0.05, 0) is 54.6 Å². The van der Waals surface area contributed by atoms with Crippen LogP contribution in [-0.4, -0.2) is 25.3 Å². The smallest absolute Gasteiger partial charge is 0.255 e. The number of hydrogen-bond donors (Lipinski definition) is 1. The van der Waals surface area contributed by atoms with Crippen molar-refractivity contribution in [3.05, 3.63) is 71.2 Å². The monoisotopic (exact) mass is 408 g/mol. The highest BCUT2D eigenvalue weighted by Crippen LogP contribution is 2.32. The zero-order valence-corrected chi connectivity index (χ0v) is 16.5. The van der Waals surface area contributed by atoms with Crippen LogP contribution in [0.1, 0.15) is 10.4 Å². The van der Waals surface area contributed by atoms with E-state index in [0.29, 0.717) is 39.0 Å². The molecule has 3 aromatic carbocycles. The van der Waals surface area contributed by atoms with Crippen LogP contribution in [0.25, 0.3) is 22.2 Å². The summed E-state index contributed by atoms with van der Waals surface area (Å²) in [6.07, 6.45) is 0. The number of hydrogen-bond acceptors (Lipinski definition) is 5. The Morgan fingerprint density at radius 3 is 2.45 bits per heavy atom. The summed E-state index contributed by atoms with van der Waals surface area (Å²) in [6.45, 7) is 0. The molecule has 146 valence electrons. The van der Waals surface area contributed by atoms with Crippen molar-refractivity contribution in [2.75, 3.05) is 19.5 Å². The highest BCUT2D eigenvalue weighted by molar-refractivity contribution is 6.30. The maximum atomic E-state index is 12.8. The number of amides is 1. The van der Waals surface area contributed by atoms with Gasteiger partial charge in [0, 0.05) is 27.9 Å². The minimum Gasteiger partial charge on any atom is -0.493 e. The van der Waals surface area contributed by atoms with E-state index in [2.05, 4.69) is 10.5 Å². The Bertz CT molecular complexity index is 1190. The van der Waals surface area contributed by atoms with Gasteiger partial charge >= 0.3 is 0 Å². The second-order valence-corrected chi connectivity index (χ2v) is 6.71. The normalized spacial score (nSPS) is 10.7. The first-order chi connectivity index (χ1) is 14.1. The minimum atomic E-state index is -0.262. The maximum Gasteiger partial charge on any atom is 0.255 e. The number of nitrogens with zero attached hydrogens (tertiary/aromatic N) is 1. The van der Waals surface area contributed by atoms with Gasteiger partial charge in [-0.2, -0.15) is 0 Å². The van der Waals surface area contributed by atoms with Crippen LogP contribution >= 0.6 is 11.6 Å². The molecular weight excluding hydrogens is 392 g/mol. The highest BCUT2D eigenvalue weighted by atomic mass is 35.5. The predicted molar refractivity (Wildman–Crippen MR) is 112 cm³/mol. The zero-order chi connectivity index (χ0) is 20.4. The van der Waals surface area contributed by atoms with Crippen LogP contribution in [0.3, 0.4) is 0 Å². The first-order valence-corrected chi connectivity index (χ1v) is 9.15. The van der Waals surface area contributed by atoms with Gasteiger partial charge in [0.05, 0.1) is 19.6 Å². The van der Waals surface area contributed by atoms with Gasteiger partial charge in [0.25, 0.3) is 5.91 Å². The number of methoxy groups -OCH3 is 2. The second-order valence-electron chi connectivity index (χ2n) is 6.27. The Morgan fingerprint density at radius 2 is 1.72 bits per heavy atom. The lowest BCUT2D eigenvalue weighted by molar-refractivity contribution is 0.102. The van der Waals surface area contributed by atoms with Crippen molar-refractivity contribution in [2.45, 2.75) is 0 Å². The van der Waals surface area contributed by atoms with Crippen LogP contribution in [0.15, 0.2) is 65.2 Å². The second kappa shape index (κ2) is 7.85. The fourth-order valence-corrected chi connectivity index (χ4v) is 3.14. The molecule has 6 nitrogen and oxygen atoms in total. The fourth-order valence-electron chi connectivity index (χ4n) is 3.01. The average molecular weight is 409 g/mol. The maximum absolute atomic E-state index is 12.8. The van der Waals surface area contributed by atoms with Crippen LogP contribution in [0.5, 0.6) is 11.5 Å². The first kappa shape index (κ1) is 18.8. The molecule has 0 aliphatic carbocycles. The van der Waals surface area contributed by atoms with Gasteiger partial charge in [0.2, 0.25) is 0 Å². The lowest BCUT2D eigenvalue weighted by atomic mass is 10.1. The molecule has 0 saturated carbocycles. The number of fused-ring (bicyclic) bond motifs is 1. The summed E-state index contributed by atoms with van der Waals surface area (Å²) in [6, 6.07) is 17.6. The molecule has 0 unspecified atom stereocenters. The van der Waals surface area contributed by atoms with Gasteiger partial charge < -0.3 is 19.3 Å². The molecule has 1 amide bonds. The fraction of sp³-hybridized carbons (Fsp3) is 0.0909. The van der Waals surface area contributed by atoms with Crippen LogP contribution in [0.4, 0.5) is 5.69 Å². The van der Waals surface area contributed by atoms with E-state index in [1.807, 2.05) is 12.1 Å². The van der Waals surface area contributed by atoms with Crippen molar-refractivity contribution >= 4 is 34.1 Å². The van der Waals surface area contributed by atoms with Crippen molar-refractivity contribution in [1.82, 2.24) is 5.16 Å². The molecule has 4 aromatic rings. The van der Waals surface area contributed by atoms with E-state index in [9.17, 15) is 4.79 Å². The van der Waals surface area contributed by atoms with Crippen LogP contribution in [0.2, 0.25) is 5.02 Å². The number of rotatable bonds is 5. The number of benzene rings is 3. The third-order valence-electron chi connectivity index (χ3n) is 4.49. The molecule has 29 heavy (non-hydrogen) atoms. The number of carbonyl (C=O) groups is 1. The third kappa shape index (κ3) is 3.75. The molecule has 1 N–H and O–H groups in total. The Kier molecular flexibility index (Phi) is 5.10. The molecule has 0 atom stereocenters. The number of anilines is 1. The molecule has 0 bridgehead atoms. The summed E-state index contributed by atoms with van der Waals surface area (Å²) >= 11 is 5.96. The summed E-state index contributed by atoms with van der Waals surface area (Å²) in [5.41, 5.74) is 2.56. The van der Waals surface area contributed by atoms with Crippen LogP contribution < -0.4 is 14.8 Å². The van der Waals surface area contributed by atoms with Gasteiger partial charge in [0.1, 0.15) is 5.52 Å². The Balaban J connectivity index is 1.64. The standard InChI is InChI=1S/C22H17ClN2O4/c1-27-19-10-8-16(12-20(19)28-2)24-22(26)14-5-9-18-17(11-14)21(29-25-18)13-3-6-15(23)7-4-13/h3-12H,1-2H3,(H,24,26). The van der Waals surface area contributed by atoms with Crippen molar-refractivity contribution in [3.63, 3.8) is 0 Å². The predicted octanol–water partition coefficient (Wildman–Crippen LogP) is 5.42. The topological polar surface area (TPSA) is 73.6 Å². The summed E-state index contributed by atoms with van der Waals surface area (Å²) < 4.78 is 16.0. The van der Waals surface area contributed by atoms with Crippen LogP contribution in [-0.2, 0) is 0 Å². The molecular formula is C22H17ClN2O4. The number of ether oxygens (including phenoxy) is 2. The molecule has 0 radical (unpaired) electrons. The Labute approximate surface area is 172 Å². The first-order valence-electron chi connectivity index (χ1n) is 8.78. The molecule has 4 rings (SSSR count). The van der Waals surface area contributed by atoms with E-state index < -0.39 is 0 Å². The van der Waals surface area contributed by atoms with E-state index in [1.54, 1.807) is 62.8 Å². The Morgan fingerprint density at radius 1 is 0.966 bits per heavy atom. The Hall–Kier alpha value is -3.51. The molecule has 1 aromatic heterocycles. The molecule has 1 heterocycles. The van der Waals surface area contributed by atoms with Crippen LogP contribution in [0, 0.1) is 0 Å². The van der Waals surface area contributed by atoms with E-state index in [0.717, 1.165) is 10.9 Å². The van der Waals surface area contributed by atoms with Gasteiger partial charge in [-0.3, -0.25) is 4.79 Å².